The summed E-state index contributed by atoms with van der Waals surface area (Å²) < 4.78 is 79.6. The summed E-state index contributed by atoms with van der Waals surface area (Å²) >= 11 is 0. The number of benzene rings is 2. The maximum Gasteiger partial charge on any atom is 0.430 e. The van der Waals surface area contributed by atoms with Crippen molar-refractivity contribution in [2.75, 3.05) is 19.6 Å². The molecule has 0 radical (unpaired) electrons. The maximum atomic E-state index is 13.3. The second-order valence-electron chi connectivity index (χ2n) is 11.6. The zero-order valence-corrected chi connectivity index (χ0v) is 24.7. The summed E-state index contributed by atoms with van der Waals surface area (Å²) in [6.07, 6.45) is -8.03. The molecule has 12 heteroatoms. The Hall–Kier alpha value is -3.48. The number of nitrogens with zero attached hydrogens (tertiary/aromatic N) is 3. The number of halogens is 6. The van der Waals surface area contributed by atoms with E-state index in [4.69, 9.17) is 0 Å². The molecular formula is C32H36F6N4O2. The van der Waals surface area contributed by atoms with Crippen LogP contribution in [0, 0.1) is 6.92 Å². The number of carbonyl (C=O) groups is 1. The third kappa shape index (κ3) is 7.59. The third-order valence-corrected chi connectivity index (χ3v) is 7.83. The number of hydrogen-bond acceptors (Lipinski definition) is 5. The molecule has 3 aromatic rings. The minimum absolute atomic E-state index is 0.0123. The van der Waals surface area contributed by atoms with Gasteiger partial charge in [0, 0.05) is 69.2 Å². The molecule has 6 nitrogen and oxygen atoms in total. The Labute approximate surface area is 252 Å². The minimum Gasteiger partial charge on any atom is -0.369 e. The van der Waals surface area contributed by atoms with Crippen LogP contribution >= 0.6 is 0 Å². The van der Waals surface area contributed by atoms with Crippen LogP contribution in [0.1, 0.15) is 42.5 Å². The Balaban J connectivity index is 1.48. The summed E-state index contributed by atoms with van der Waals surface area (Å²) in [5.74, 6) is -0.0123. The summed E-state index contributed by atoms with van der Waals surface area (Å²) in [5, 5.41) is 12.7. The number of piperazine rings is 1. The molecule has 1 saturated heterocycles. The third-order valence-electron chi connectivity index (χ3n) is 7.83. The number of alkyl halides is 6. The summed E-state index contributed by atoms with van der Waals surface area (Å²) in [6.45, 7) is 9.17. The molecule has 2 aromatic carbocycles. The number of nitrogens with one attached hydrogen (secondary N) is 1. The second kappa shape index (κ2) is 13.3. The molecule has 1 aliphatic rings. The van der Waals surface area contributed by atoms with Gasteiger partial charge >= 0.3 is 12.4 Å². The van der Waals surface area contributed by atoms with Crippen molar-refractivity contribution in [1.82, 2.24) is 20.1 Å². The van der Waals surface area contributed by atoms with Gasteiger partial charge in [-0.1, -0.05) is 42.5 Å². The van der Waals surface area contributed by atoms with E-state index >= 15 is 0 Å². The van der Waals surface area contributed by atoms with Gasteiger partial charge in [-0.25, -0.2) is 0 Å². The van der Waals surface area contributed by atoms with Crippen molar-refractivity contribution in [2.24, 2.45) is 0 Å². The number of aryl methyl sites for hydroxylation is 1. The lowest BCUT2D eigenvalue weighted by Gasteiger charge is -2.41. The number of hydrogen-bond donors (Lipinski definition) is 2. The van der Waals surface area contributed by atoms with E-state index < -0.39 is 23.5 Å². The Morgan fingerprint density at radius 3 is 2.14 bits per heavy atom. The highest BCUT2D eigenvalue weighted by Crippen LogP contribution is 2.50. The lowest BCUT2D eigenvalue weighted by molar-refractivity contribution is -0.376. The van der Waals surface area contributed by atoms with Gasteiger partial charge in [0.1, 0.15) is 0 Å². The number of rotatable bonds is 9. The zero-order chi connectivity index (χ0) is 32.3. The highest BCUT2D eigenvalue weighted by atomic mass is 19.4. The highest BCUT2D eigenvalue weighted by Gasteiger charge is 2.71. The van der Waals surface area contributed by atoms with Crippen LogP contribution in [-0.4, -0.2) is 69.9 Å². The Kier molecular flexibility index (Phi) is 10.1. The maximum absolute atomic E-state index is 13.3. The molecule has 2 heterocycles. The first-order valence-corrected chi connectivity index (χ1v) is 14.3. The van der Waals surface area contributed by atoms with E-state index in [0.717, 1.165) is 41.9 Å². The predicted molar refractivity (Wildman–Crippen MR) is 154 cm³/mol. The summed E-state index contributed by atoms with van der Waals surface area (Å²) in [7, 11) is 0. The van der Waals surface area contributed by atoms with Crippen molar-refractivity contribution in [3.63, 3.8) is 0 Å². The van der Waals surface area contributed by atoms with Gasteiger partial charge in [0.2, 0.25) is 5.91 Å². The quantitative estimate of drug-likeness (QED) is 0.288. The fraction of sp³-hybridized carbons (Fsp3) is 0.438. The normalized spacial score (nSPS) is 17.2. The molecule has 1 fully saturated rings. The van der Waals surface area contributed by atoms with Gasteiger partial charge in [0.15, 0.2) is 0 Å². The molecule has 2 N–H and O–H groups in total. The fourth-order valence-electron chi connectivity index (χ4n) is 5.61. The first kappa shape index (κ1) is 33.4. The Morgan fingerprint density at radius 1 is 0.932 bits per heavy atom. The van der Waals surface area contributed by atoms with Crippen LogP contribution in [-0.2, 0) is 23.5 Å². The second-order valence-corrected chi connectivity index (χ2v) is 11.6. The van der Waals surface area contributed by atoms with Crippen LogP contribution in [0.25, 0.3) is 11.1 Å². The molecule has 238 valence electrons. The van der Waals surface area contributed by atoms with Gasteiger partial charge < -0.3 is 10.4 Å². The van der Waals surface area contributed by atoms with Gasteiger partial charge in [0.25, 0.3) is 5.60 Å². The first-order chi connectivity index (χ1) is 20.6. The topological polar surface area (TPSA) is 68.7 Å². The van der Waals surface area contributed by atoms with Crippen LogP contribution in [0.5, 0.6) is 0 Å². The van der Waals surface area contributed by atoms with Crippen molar-refractivity contribution in [3.05, 3.63) is 89.2 Å². The monoisotopic (exact) mass is 622 g/mol. The van der Waals surface area contributed by atoms with Gasteiger partial charge in [-0.15, -0.1) is 0 Å². The number of aromatic nitrogens is 1. The lowest BCUT2D eigenvalue weighted by atomic mass is 9.90. The van der Waals surface area contributed by atoms with E-state index in [-0.39, 0.29) is 18.0 Å². The standard InChI is InChI=1S/C32H36F6N4O2/c1-21(2)40-29(43)17-27-20-41(14-15-42(27)19-23-10-12-39-13-11-23)18-24-4-9-28(22(3)16-24)25-5-7-26(8-6-25)30(44,31(33,34)35)32(36,37)38/h4-13,16,21,27,44H,14-15,17-20H2,1-3H3,(H,40,43)/t27-/m0/s1. The lowest BCUT2D eigenvalue weighted by Crippen LogP contribution is -2.53. The summed E-state index contributed by atoms with van der Waals surface area (Å²) in [5.41, 5.74) is -2.30. The average Bonchev–Trinajstić information content (AvgIpc) is 2.93. The molecule has 1 aliphatic heterocycles. The van der Waals surface area contributed by atoms with Crippen molar-refractivity contribution >= 4 is 5.91 Å². The van der Waals surface area contributed by atoms with Gasteiger partial charge in [0.05, 0.1) is 0 Å². The SMILES string of the molecule is Cc1cc(CN2CCN(Cc3ccncc3)[C@@H](CC(=O)NC(C)C)C2)ccc1-c1ccc(C(O)(C(F)(F)F)C(F)(F)F)cc1. The summed E-state index contributed by atoms with van der Waals surface area (Å²) in [6, 6.07) is 13.2. The molecule has 0 unspecified atom stereocenters. The molecule has 1 atom stereocenters. The largest absolute Gasteiger partial charge is 0.430 e. The van der Waals surface area contributed by atoms with Crippen LogP contribution in [0.3, 0.4) is 0 Å². The molecule has 1 amide bonds. The molecule has 0 bridgehead atoms. The van der Waals surface area contributed by atoms with E-state index in [2.05, 4.69) is 20.1 Å². The van der Waals surface area contributed by atoms with E-state index in [1.54, 1.807) is 18.5 Å². The zero-order valence-electron chi connectivity index (χ0n) is 24.7. The number of carbonyl (C=O) groups excluding carboxylic acids is 1. The molecule has 0 saturated carbocycles. The van der Waals surface area contributed by atoms with E-state index in [1.807, 2.05) is 45.0 Å². The molecule has 44 heavy (non-hydrogen) atoms. The van der Waals surface area contributed by atoms with Crippen LogP contribution in [0.4, 0.5) is 26.3 Å². The Bertz CT molecular complexity index is 1400. The van der Waals surface area contributed by atoms with Crippen molar-refractivity contribution < 1.29 is 36.2 Å². The molecule has 0 spiro atoms. The van der Waals surface area contributed by atoms with E-state index in [1.165, 1.54) is 0 Å². The minimum atomic E-state index is -5.94. The highest BCUT2D eigenvalue weighted by molar-refractivity contribution is 5.76. The van der Waals surface area contributed by atoms with Crippen molar-refractivity contribution in [2.45, 2.75) is 70.3 Å². The number of amides is 1. The average molecular weight is 623 g/mol. The molecule has 4 rings (SSSR count). The van der Waals surface area contributed by atoms with Gasteiger partial charge in [-0.3, -0.25) is 19.6 Å². The smallest absolute Gasteiger partial charge is 0.369 e. The van der Waals surface area contributed by atoms with Crippen molar-refractivity contribution in [1.29, 1.82) is 0 Å². The first-order valence-electron chi connectivity index (χ1n) is 14.3. The van der Waals surface area contributed by atoms with Gasteiger partial charge in [-0.05, 0) is 60.7 Å². The molecule has 0 aliphatic carbocycles. The molecular weight excluding hydrogens is 586 g/mol. The Morgan fingerprint density at radius 2 is 1.57 bits per heavy atom. The predicted octanol–water partition coefficient (Wildman–Crippen LogP) is 5.97. The van der Waals surface area contributed by atoms with E-state index in [9.17, 15) is 36.2 Å². The number of pyridine rings is 1. The van der Waals surface area contributed by atoms with Gasteiger partial charge in [-0.2, -0.15) is 26.3 Å². The van der Waals surface area contributed by atoms with E-state index in [0.29, 0.717) is 49.3 Å². The molecule has 1 aromatic heterocycles. The van der Waals surface area contributed by atoms with Crippen molar-refractivity contribution in [3.8, 4) is 11.1 Å². The van der Waals surface area contributed by atoms with Crippen LogP contribution < -0.4 is 5.32 Å². The van der Waals surface area contributed by atoms with Crippen LogP contribution in [0.15, 0.2) is 67.0 Å². The number of aliphatic hydroxyl groups is 1. The fourth-order valence-corrected chi connectivity index (χ4v) is 5.61. The summed E-state index contributed by atoms with van der Waals surface area (Å²) in [4.78, 5) is 21.3. The van der Waals surface area contributed by atoms with Crippen LogP contribution in [0.2, 0.25) is 0 Å².